The molecule has 0 atom stereocenters. The van der Waals surface area contributed by atoms with Gasteiger partial charge in [0, 0.05) is 18.6 Å². The van der Waals surface area contributed by atoms with Crippen LogP contribution < -0.4 is 0 Å². The van der Waals surface area contributed by atoms with Crippen LogP contribution in [-0.4, -0.2) is 4.57 Å². The van der Waals surface area contributed by atoms with Crippen LogP contribution in [0.25, 0.3) is 10.9 Å². The van der Waals surface area contributed by atoms with E-state index in [4.69, 9.17) is 0 Å². The molecule has 0 unspecified atom stereocenters. The third kappa shape index (κ3) is 0.843. The van der Waals surface area contributed by atoms with Crippen molar-refractivity contribution >= 4 is 10.9 Å². The Morgan fingerprint density at radius 1 is 1.25 bits per heavy atom. The molecule has 0 amide bonds. The minimum absolute atomic E-state index is 0.150. The van der Waals surface area contributed by atoms with E-state index in [-0.39, 0.29) is 5.82 Å². The molecule has 0 radical (unpaired) electrons. The van der Waals surface area contributed by atoms with Gasteiger partial charge in [-0.05, 0) is 24.6 Å². The predicted molar refractivity (Wildman–Crippen MR) is 47.6 cm³/mol. The van der Waals surface area contributed by atoms with Gasteiger partial charge in [-0.3, -0.25) is 0 Å². The van der Waals surface area contributed by atoms with E-state index in [1.54, 1.807) is 10.6 Å². The minimum Gasteiger partial charge on any atom is -0.348 e. The summed E-state index contributed by atoms with van der Waals surface area (Å²) in [5, 5.41) is 0.998. The first-order valence-electron chi connectivity index (χ1n) is 3.90. The number of aryl methyl sites for hydroxylation is 2. The van der Waals surface area contributed by atoms with Gasteiger partial charge < -0.3 is 4.57 Å². The van der Waals surface area contributed by atoms with Gasteiger partial charge in [0.15, 0.2) is 0 Å². The van der Waals surface area contributed by atoms with Gasteiger partial charge in [-0.1, -0.05) is 6.07 Å². The van der Waals surface area contributed by atoms with E-state index >= 15 is 0 Å². The maximum atomic E-state index is 13.2. The van der Waals surface area contributed by atoms with Crippen LogP contribution in [0, 0.1) is 12.7 Å². The van der Waals surface area contributed by atoms with E-state index in [9.17, 15) is 4.39 Å². The number of nitrogens with zero attached hydrogens (tertiary/aromatic N) is 1. The Kier molecular flexibility index (Phi) is 1.43. The summed E-state index contributed by atoms with van der Waals surface area (Å²) in [6, 6.07) is 5.25. The van der Waals surface area contributed by atoms with Crippen molar-refractivity contribution < 1.29 is 4.39 Å². The van der Waals surface area contributed by atoms with Crippen LogP contribution in [0.5, 0.6) is 0 Å². The monoisotopic (exact) mass is 163 g/mol. The Balaban J connectivity index is 2.98. The third-order valence-electron chi connectivity index (χ3n) is 2.20. The number of halogens is 1. The highest BCUT2D eigenvalue weighted by Gasteiger charge is 2.05. The fraction of sp³-hybridized carbons (Fsp3) is 0.200. The molecule has 2 rings (SSSR count). The average Bonchev–Trinajstić information content (AvgIpc) is 2.42. The van der Waals surface area contributed by atoms with Crippen molar-refractivity contribution in [2.45, 2.75) is 6.92 Å². The molecule has 0 bridgehead atoms. The lowest BCUT2D eigenvalue weighted by Gasteiger charge is -1.99. The summed E-state index contributed by atoms with van der Waals surface area (Å²) >= 11 is 0. The van der Waals surface area contributed by atoms with Crippen LogP contribution >= 0.6 is 0 Å². The summed E-state index contributed by atoms with van der Waals surface area (Å²) in [6.45, 7) is 1.99. The number of rotatable bonds is 0. The fourth-order valence-corrected chi connectivity index (χ4v) is 1.51. The van der Waals surface area contributed by atoms with E-state index in [2.05, 4.69) is 0 Å². The van der Waals surface area contributed by atoms with Crippen LogP contribution in [0.4, 0.5) is 4.39 Å². The van der Waals surface area contributed by atoms with Gasteiger partial charge in [0.2, 0.25) is 0 Å². The van der Waals surface area contributed by atoms with Crippen LogP contribution in [0.2, 0.25) is 0 Å². The summed E-state index contributed by atoms with van der Waals surface area (Å²) in [5.41, 5.74) is 1.81. The van der Waals surface area contributed by atoms with Gasteiger partial charge in [0.25, 0.3) is 0 Å². The number of aromatic nitrogens is 1. The van der Waals surface area contributed by atoms with Crippen molar-refractivity contribution in [2.75, 3.05) is 0 Å². The molecule has 0 aliphatic carbocycles. The van der Waals surface area contributed by atoms with Gasteiger partial charge in [0.1, 0.15) is 5.82 Å². The molecule has 0 saturated heterocycles. The largest absolute Gasteiger partial charge is 0.348 e. The molecular formula is C10H10FN. The van der Waals surface area contributed by atoms with Gasteiger partial charge in [-0.25, -0.2) is 4.39 Å². The maximum Gasteiger partial charge on any atom is 0.147 e. The van der Waals surface area contributed by atoms with Crippen molar-refractivity contribution in [1.29, 1.82) is 0 Å². The maximum absolute atomic E-state index is 13.2. The van der Waals surface area contributed by atoms with Crippen molar-refractivity contribution in [3.8, 4) is 0 Å². The van der Waals surface area contributed by atoms with Crippen molar-refractivity contribution in [1.82, 2.24) is 4.57 Å². The lowest BCUT2D eigenvalue weighted by molar-refractivity contribution is 0.631. The van der Waals surface area contributed by atoms with E-state index in [1.165, 1.54) is 6.07 Å². The van der Waals surface area contributed by atoms with Crippen LogP contribution in [-0.2, 0) is 7.05 Å². The standard InChI is InChI=1S/C10H10FN/c1-7-3-4-9(11)10-8(7)5-6-12(10)2/h3-6H,1-2H3. The molecule has 1 nitrogen and oxygen atoms in total. The summed E-state index contributed by atoms with van der Waals surface area (Å²) in [7, 11) is 1.85. The predicted octanol–water partition coefficient (Wildman–Crippen LogP) is 2.63. The van der Waals surface area contributed by atoms with Gasteiger partial charge >= 0.3 is 0 Å². The van der Waals surface area contributed by atoms with Gasteiger partial charge in [0.05, 0.1) is 5.52 Å². The zero-order valence-corrected chi connectivity index (χ0v) is 7.13. The molecule has 0 fully saturated rings. The molecule has 0 aliphatic heterocycles. The quantitative estimate of drug-likeness (QED) is 0.562. The third-order valence-corrected chi connectivity index (χ3v) is 2.20. The lowest BCUT2D eigenvalue weighted by atomic mass is 10.1. The molecule has 0 spiro atoms. The molecule has 0 N–H and O–H groups in total. The van der Waals surface area contributed by atoms with E-state index < -0.39 is 0 Å². The Labute approximate surface area is 70.4 Å². The number of hydrogen-bond donors (Lipinski definition) is 0. The number of hydrogen-bond acceptors (Lipinski definition) is 0. The summed E-state index contributed by atoms with van der Waals surface area (Å²) in [4.78, 5) is 0. The molecule has 62 valence electrons. The molecule has 2 aromatic rings. The van der Waals surface area contributed by atoms with Crippen molar-refractivity contribution in [3.05, 3.63) is 35.8 Å². The normalized spacial score (nSPS) is 10.9. The van der Waals surface area contributed by atoms with Gasteiger partial charge in [-0.2, -0.15) is 0 Å². The summed E-state index contributed by atoms with van der Waals surface area (Å²) in [5.74, 6) is -0.150. The Morgan fingerprint density at radius 3 is 2.67 bits per heavy atom. The highest BCUT2D eigenvalue weighted by atomic mass is 19.1. The summed E-state index contributed by atoms with van der Waals surface area (Å²) in [6.07, 6.45) is 1.88. The van der Waals surface area contributed by atoms with Crippen LogP contribution in [0.15, 0.2) is 24.4 Å². The van der Waals surface area contributed by atoms with Crippen molar-refractivity contribution in [3.63, 3.8) is 0 Å². The highest BCUT2D eigenvalue weighted by molar-refractivity contribution is 5.83. The molecule has 1 aromatic heterocycles. The Morgan fingerprint density at radius 2 is 2.00 bits per heavy atom. The molecule has 1 aromatic carbocycles. The van der Waals surface area contributed by atoms with E-state index in [1.807, 2.05) is 26.2 Å². The zero-order valence-electron chi connectivity index (χ0n) is 7.13. The smallest absolute Gasteiger partial charge is 0.147 e. The van der Waals surface area contributed by atoms with Crippen molar-refractivity contribution in [2.24, 2.45) is 7.05 Å². The summed E-state index contributed by atoms with van der Waals surface area (Å²) < 4.78 is 15.0. The number of benzene rings is 1. The van der Waals surface area contributed by atoms with Crippen LogP contribution in [0.1, 0.15) is 5.56 Å². The molecule has 0 saturated carbocycles. The fourth-order valence-electron chi connectivity index (χ4n) is 1.51. The number of fused-ring (bicyclic) bond motifs is 1. The zero-order chi connectivity index (χ0) is 8.72. The second-order valence-corrected chi connectivity index (χ2v) is 3.05. The highest BCUT2D eigenvalue weighted by Crippen LogP contribution is 2.21. The molecule has 2 heteroatoms. The molecule has 1 heterocycles. The van der Waals surface area contributed by atoms with E-state index in [0.717, 1.165) is 10.9 Å². The Hall–Kier alpha value is -1.31. The Bertz CT molecular complexity index is 429. The molecule has 0 aliphatic rings. The lowest BCUT2D eigenvalue weighted by Crippen LogP contribution is -1.88. The topological polar surface area (TPSA) is 4.93 Å². The second kappa shape index (κ2) is 2.34. The SMILES string of the molecule is Cc1ccc(F)c2c1ccn2C. The average molecular weight is 163 g/mol. The molecule has 12 heavy (non-hydrogen) atoms. The first-order chi connectivity index (χ1) is 5.70. The van der Waals surface area contributed by atoms with Gasteiger partial charge in [-0.15, -0.1) is 0 Å². The first kappa shape index (κ1) is 7.35. The van der Waals surface area contributed by atoms with Crippen LogP contribution in [0.3, 0.4) is 0 Å². The molecular weight excluding hydrogens is 153 g/mol. The first-order valence-corrected chi connectivity index (χ1v) is 3.90. The second-order valence-electron chi connectivity index (χ2n) is 3.05. The van der Waals surface area contributed by atoms with E-state index in [0.29, 0.717) is 5.52 Å². The minimum atomic E-state index is -0.150.